The minimum Gasteiger partial charge on any atom is -0.274 e. The maximum Gasteiger partial charge on any atom is 0.252 e. The number of hydrogen-bond acceptors (Lipinski definition) is 5. The van der Waals surface area contributed by atoms with Crippen LogP contribution in [-0.4, -0.2) is 31.4 Å². The van der Waals surface area contributed by atoms with E-state index in [-0.39, 0.29) is 18.2 Å². The van der Waals surface area contributed by atoms with Gasteiger partial charge >= 0.3 is 0 Å². The molecule has 0 aliphatic rings. The molecule has 0 aliphatic carbocycles. The fraction of sp³-hybridized carbons (Fsp3) is 0.364. The SMILES string of the molecule is CC(=O)NNC(=O)Cc1nc2nc(C)cc(C)n2n1. The fourth-order valence-corrected chi connectivity index (χ4v) is 1.63. The van der Waals surface area contributed by atoms with E-state index in [0.717, 1.165) is 11.4 Å². The van der Waals surface area contributed by atoms with Crippen LogP contribution in [0.15, 0.2) is 6.07 Å². The Labute approximate surface area is 109 Å². The van der Waals surface area contributed by atoms with E-state index < -0.39 is 0 Å². The van der Waals surface area contributed by atoms with Crippen LogP contribution in [0.3, 0.4) is 0 Å². The van der Waals surface area contributed by atoms with Crippen molar-refractivity contribution in [1.29, 1.82) is 0 Å². The first-order chi connectivity index (χ1) is 8.95. The van der Waals surface area contributed by atoms with Crippen LogP contribution in [0, 0.1) is 13.8 Å². The quantitative estimate of drug-likeness (QED) is 0.707. The molecule has 0 fully saturated rings. The third-order valence-electron chi connectivity index (χ3n) is 2.36. The van der Waals surface area contributed by atoms with Gasteiger partial charge in [0.15, 0.2) is 5.82 Å². The molecule has 2 heterocycles. The zero-order chi connectivity index (χ0) is 14.0. The van der Waals surface area contributed by atoms with Crippen molar-refractivity contribution in [1.82, 2.24) is 30.4 Å². The molecular formula is C11H14N6O2. The second-order valence-corrected chi connectivity index (χ2v) is 4.18. The Hall–Kier alpha value is -2.51. The second-order valence-electron chi connectivity index (χ2n) is 4.18. The largest absolute Gasteiger partial charge is 0.274 e. The van der Waals surface area contributed by atoms with E-state index in [1.807, 2.05) is 19.9 Å². The molecule has 2 rings (SSSR count). The molecule has 8 nitrogen and oxygen atoms in total. The zero-order valence-corrected chi connectivity index (χ0v) is 10.9. The van der Waals surface area contributed by atoms with E-state index >= 15 is 0 Å². The third-order valence-corrected chi connectivity index (χ3v) is 2.36. The maximum absolute atomic E-state index is 11.5. The van der Waals surface area contributed by atoms with Gasteiger partial charge in [-0.05, 0) is 19.9 Å². The minimum absolute atomic E-state index is 0.0257. The highest BCUT2D eigenvalue weighted by molar-refractivity contribution is 5.81. The topological polar surface area (TPSA) is 101 Å². The van der Waals surface area contributed by atoms with Crippen molar-refractivity contribution >= 4 is 17.6 Å². The number of hydrazine groups is 1. The van der Waals surface area contributed by atoms with Gasteiger partial charge in [0.05, 0.1) is 6.42 Å². The van der Waals surface area contributed by atoms with Gasteiger partial charge in [-0.3, -0.25) is 20.4 Å². The van der Waals surface area contributed by atoms with E-state index in [0.29, 0.717) is 11.6 Å². The number of aromatic nitrogens is 4. The highest BCUT2D eigenvalue weighted by Crippen LogP contribution is 2.05. The molecule has 0 aromatic carbocycles. The van der Waals surface area contributed by atoms with Crippen LogP contribution < -0.4 is 10.9 Å². The van der Waals surface area contributed by atoms with Crippen LogP contribution in [0.4, 0.5) is 0 Å². The van der Waals surface area contributed by atoms with Gasteiger partial charge < -0.3 is 0 Å². The third kappa shape index (κ3) is 3.03. The molecule has 0 unspecified atom stereocenters. The normalized spacial score (nSPS) is 10.5. The Balaban J connectivity index is 2.15. The molecule has 0 radical (unpaired) electrons. The number of nitrogens with zero attached hydrogens (tertiary/aromatic N) is 4. The van der Waals surface area contributed by atoms with Crippen molar-refractivity contribution in [2.75, 3.05) is 0 Å². The second kappa shape index (κ2) is 5.01. The monoisotopic (exact) mass is 262 g/mol. The smallest absolute Gasteiger partial charge is 0.252 e. The summed E-state index contributed by atoms with van der Waals surface area (Å²) in [5.74, 6) is 0.0776. The van der Waals surface area contributed by atoms with Crippen LogP contribution in [0.25, 0.3) is 5.78 Å². The average Bonchev–Trinajstić information content (AvgIpc) is 2.69. The van der Waals surface area contributed by atoms with Crippen molar-refractivity contribution in [2.24, 2.45) is 0 Å². The van der Waals surface area contributed by atoms with E-state index in [4.69, 9.17) is 0 Å². The lowest BCUT2D eigenvalue weighted by atomic mass is 10.4. The van der Waals surface area contributed by atoms with E-state index in [2.05, 4.69) is 25.9 Å². The first-order valence-corrected chi connectivity index (χ1v) is 5.71. The van der Waals surface area contributed by atoms with Gasteiger partial charge in [-0.2, -0.15) is 4.98 Å². The van der Waals surface area contributed by atoms with E-state index in [1.165, 1.54) is 6.92 Å². The summed E-state index contributed by atoms with van der Waals surface area (Å²) >= 11 is 0. The zero-order valence-electron chi connectivity index (χ0n) is 10.9. The molecule has 8 heteroatoms. The standard InChI is InChI=1S/C11H14N6O2/c1-6-4-7(2)17-11(12-6)13-9(16-17)5-10(19)15-14-8(3)18/h4H,5H2,1-3H3,(H,14,18)(H,15,19). The number of hydrogen-bond donors (Lipinski definition) is 2. The first-order valence-electron chi connectivity index (χ1n) is 5.71. The van der Waals surface area contributed by atoms with E-state index in [1.54, 1.807) is 4.52 Å². The lowest BCUT2D eigenvalue weighted by Crippen LogP contribution is -2.41. The summed E-state index contributed by atoms with van der Waals surface area (Å²) in [6.45, 7) is 5.06. The molecule has 0 saturated heterocycles. The van der Waals surface area contributed by atoms with Crippen molar-refractivity contribution in [3.8, 4) is 0 Å². The predicted octanol–water partition coefficient (Wildman–Crippen LogP) is -0.549. The number of amides is 2. The average molecular weight is 262 g/mol. The van der Waals surface area contributed by atoms with Gasteiger partial charge in [0.25, 0.3) is 5.78 Å². The number of rotatable bonds is 2. The number of aryl methyl sites for hydroxylation is 2. The summed E-state index contributed by atoms with van der Waals surface area (Å²) in [7, 11) is 0. The minimum atomic E-state index is -0.388. The van der Waals surface area contributed by atoms with Gasteiger partial charge in [-0.1, -0.05) is 0 Å². The summed E-state index contributed by atoms with van der Waals surface area (Å²) in [5, 5.41) is 4.19. The lowest BCUT2D eigenvalue weighted by molar-refractivity contribution is -0.127. The summed E-state index contributed by atoms with van der Waals surface area (Å²) in [6.07, 6.45) is -0.0257. The molecule has 19 heavy (non-hydrogen) atoms. The van der Waals surface area contributed by atoms with Crippen molar-refractivity contribution in [3.05, 3.63) is 23.3 Å². The molecule has 2 amide bonds. The van der Waals surface area contributed by atoms with E-state index in [9.17, 15) is 9.59 Å². The highest BCUT2D eigenvalue weighted by atomic mass is 16.2. The van der Waals surface area contributed by atoms with Crippen molar-refractivity contribution in [3.63, 3.8) is 0 Å². The molecular weight excluding hydrogens is 248 g/mol. The fourth-order valence-electron chi connectivity index (χ4n) is 1.63. The van der Waals surface area contributed by atoms with Gasteiger partial charge in [0, 0.05) is 18.3 Å². The predicted molar refractivity (Wildman–Crippen MR) is 65.9 cm³/mol. The molecule has 2 N–H and O–H groups in total. The first kappa shape index (κ1) is 12.9. The van der Waals surface area contributed by atoms with Crippen LogP contribution in [-0.2, 0) is 16.0 Å². The van der Waals surface area contributed by atoms with Crippen LogP contribution >= 0.6 is 0 Å². The Morgan fingerprint density at radius 2 is 2.00 bits per heavy atom. The molecule has 0 aliphatic heterocycles. The summed E-state index contributed by atoms with van der Waals surface area (Å²) in [5.41, 5.74) is 6.19. The van der Waals surface area contributed by atoms with Crippen LogP contribution in [0.2, 0.25) is 0 Å². The molecule has 0 saturated carbocycles. The van der Waals surface area contributed by atoms with Gasteiger partial charge in [0.1, 0.15) is 0 Å². The molecule has 100 valence electrons. The highest BCUT2D eigenvalue weighted by Gasteiger charge is 2.11. The van der Waals surface area contributed by atoms with Crippen LogP contribution in [0.5, 0.6) is 0 Å². The number of nitrogens with one attached hydrogen (secondary N) is 2. The number of carbonyl (C=O) groups is 2. The molecule has 0 atom stereocenters. The van der Waals surface area contributed by atoms with Gasteiger partial charge in [-0.15, -0.1) is 5.10 Å². The maximum atomic E-state index is 11.5. The van der Waals surface area contributed by atoms with Crippen molar-refractivity contribution < 1.29 is 9.59 Å². The summed E-state index contributed by atoms with van der Waals surface area (Å²) in [4.78, 5) is 30.6. The van der Waals surface area contributed by atoms with Crippen LogP contribution in [0.1, 0.15) is 24.1 Å². The Kier molecular flexibility index (Phi) is 3.41. The molecule has 0 bridgehead atoms. The van der Waals surface area contributed by atoms with Crippen molar-refractivity contribution in [2.45, 2.75) is 27.2 Å². The Bertz CT molecular complexity index is 648. The Morgan fingerprint density at radius 3 is 2.68 bits per heavy atom. The molecule has 2 aromatic heterocycles. The number of carbonyl (C=O) groups excluding carboxylic acids is 2. The van der Waals surface area contributed by atoms with Gasteiger partial charge in [-0.25, -0.2) is 9.50 Å². The lowest BCUT2D eigenvalue weighted by Gasteiger charge is -2.02. The molecule has 0 spiro atoms. The Morgan fingerprint density at radius 1 is 1.26 bits per heavy atom. The van der Waals surface area contributed by atoms with Gasteiger partial charge in [0.2, 0.25) is 11.8 Å². The number of fused-ring (bicyclic) bond motifs is 1. The summed E-state index contributed by atoms with van der Waals surface area (Å²) < 4.78 is 1.58. The summed E-state index contributed by atoms with van der Waals surface area (Å²) in [6, 6.07) is 1.88. The molecule has 2 aromatic rings.